The molecule has 37 heavy (non-hydrogen) atoms. The van der Waals surface area contributed by atoms with Gasteiger partial charge in [0.2, 0.25) is 52.0 Å². The molecule has 0 fully saturated rings. The second kappa shape index (κ2) is 24.4. The molecule has 0 aliphatic carbocycles. The maximum atomic E-state index is 11.0. The maximum absolute atomic E-state index is 11.0. The Morgan fingerprint density at radius 2 is 0.838 bits per heavy atom. The summed E-state index contributed by atoms with van der Waals surface area (Å²) in [5.74, 6) is 0. The van der Waals surface area contributed by atoms with Gasteiger partial charge in [-0.05, 0) is 0 Å². The first-order chi connectivity index (χ1) is 13.9. The van der Waals surface area contributed by atoms with Crippen LogP contribution in [0.3, 0.4) is 0 Å². The summed E-state index contributed by atoms with van der Waals surface area (Å²) < 4.78 is 179. The van der Waals surface area contributed by atoms with Crippen LogP contribution in [-0.4, -0.2) is 102 Å². The molecule has 31 heteroatoms. The molecule has 0 amide bonds. The molecule has 21 nitrogen and oxygen atoms in total. The molecule has 0 N–H and O–H groups in total. The number of aldehydes is 1. The molecule has 4 atom stereocenters. The minimum atomic E-state index is -6.25. The molecule has 0 spiro atoms. The molecule has 0 aromatic carbocycles. The van der Waals surface area contributed by atoms with E-state index in [2.05, 4.69) is 20.9 Å². The molecule has 0 aliphatic rings. The monoisotopic (exact) mass is 770 g/mol. The van der Waals surface area contributed by atoms with Crippen molar-refractivity contribution in [2.45, 2.75) is 24.4 Å². The SMILES string of the molecule is O=CC(OS(=O)(=O)[O-])C(OS(=O)(=O)[O-])C(OS(=O)(=O)[O-])C(COS(=O)(=O)[O-])OS(=O)(=O)[O-].[K+].[K+].[K+].[K+].[K+]. The molecular formula is C6H7K5O21S5. The molecule has 0 aromatic heterocycles. The van der Waals surface area contributed by atoms with E-state index in [1.54, 1.807) is 0 Å². The van der Waals surface area contributed by atoms with Crippen LogP contribution in [0.4, 0.5) is 0 Å². The Morgan fingerprint density at radius 1 is 0.514 bits per heavy atom. The average Bonchev–Trinajstić information content (AvgIpc) is 2.48. The summed E-state index contributed by atoms with van der Waals surface area (Å²) in [5, 5.41) is 0. The van der Waals surface area contributed by atoms with E-state index in [0.29, 0.717) is 0 Å². The van der Waals surface area contributed by atoms with Crippen molar-refractivity contribution in [3.05, 3.63) is 0 Å². The zero-order chi connectivity index (χ0) is 25.8. The Kier molecular flexibility index (Phi) is 37.2. The van der Waals surface area contributed by atoms with E-state index in [9.17, 15) is 69.6 Å². The van der Waals surface area contributed by atoms with Crippen LogP contribution < -0.4 is 257 Å². The molecule has 0 aromatic rings. The van der Waals surface area contributed by atoms with Gasteiger partial charge in [-0.3, -0.25) is 20.9 Å². The summed E-state index contributed by atoms with van der Waals surface area (Å²) >= 11 is 0. The van der Waals surface area contributed by atoms with Gasteiger partial charge in [-0.25, -0.2) is 42.1 Å². The summed E-state index contributed by atoms with van der Waals surface area (Å²) in [6.07, 6.45) is -14.3. The molecule has 192 valence electrons. The van der Waals surface area contributed by atoms with Crippen LogP contribution in [0.1, 0.15) is 0 Å². The fourth-order valence-electron chi connectivity index (χ4n) is 1.67. The summed E-state index contributed by atoms with van der Waals surface area (Å²) in [6, 6.07) is 0. The van der Waals surface area contributed by atoms with E-state index in [-0.39, 0.29) is 257 Å². The van der Waals surface area contributed by atoms with Gasteiger partial charge < -0.3 is 27.6 Å². The second-order valence-electron chi connectivity index (χ2n) is 4.78. The number of hydrogen-bond donors (Lipinski definition) is 0. The molecule has 0 radical (unpaired) electrons. The van der Waals surface area contributed by atoms with E-state index in [1.807, 2.05) is 0 Å². The van der Waals surface area contributed by atoms with Gasteiger partial charge in [0, 0.05) is 0 Å². The fraction of sp³-hybridized carbons (Fsp3) is 0.833. The second-order valence-corrected chi connectivity index (χ2v) is 9.87. The molecule has 0 heterocycles. The Bertz CT molecular complexity index is 1190. The summed E-state index contributed by atoms with van der Waals surface area (Å²) in [7, 11) is -30.5. The van der Waals surface area contributed by atoms with Gasteiger partial charge in [-0.15, -0.1) is 0 Å². The van der Waals surface area contributed by atoms with Crippen LogP contribution >= 0.6 is 0 Å². The largest absolute Gasteiger partial charge is 1.00 e. The van der Waals surface area contributed by atoms with Gasteiger partial charge in [0.1, 0.15) is 18.3 Å². The van der Waals surface area contributed by atoms with Crippen LogP contribution in [0.5, 0.6) is 0 Å². The molecular weight excluding hydrogens is 764 g/mol. The van der Waals surface area contributed by atoms with Gasteiger partial charge in [-0.2, -0.15) is 0 Å². The summed E-state index contributed by atoms with van der Waals surface area (Å²) in [6.45, 7) is -2.12. The Balaban J connectivity index is -0.000000480. The Morgan fingerprint density at radius 3 is 1.11 bits per heavy atom. The number of hydrogen-bond acceptors (Lipinski definition) is 21. The van der Waals surface area contributed by atoms with Crippen LogP contribution in [-0.2, 0) is 77.7 Å². The van der Waals surface area contributed by atoms with Gasteiger partial charge in [0.05, 0.1) is 6.61 Å². The molecule has 0 saturated heterocycles. The van der Waals surface area contributed by atoms with E-state index in [0.717, 1.165) is 0 Å². The Hall–Kier alpha value is 7.20. The first-order valence-corrected chi connectivity index (χ1v) is 13.2. The maximum Gasteiger partial charge on any atom is 1.00 e. The molecule has 4 unspecified atom stereocenters. The van der Waals surface area contributed by atoms with Crippen molar-refractivity contribution in [1.29, 1.82) is 0 Å². The van der Waals surface area contributed by atoms with Gasteiger partial charge in [0.25, 0.3) is 0 Å². The average molecular weight is 771 g/mol. The van der Waals surface area contributed by atoms with E-state index < -0.39 is 89.3 Å². The zero-order valence-corrected chi connectivity index (χ0v) is 38.9. The Labute approximate surface area is 424 Å². The zero-order valence-electron chi connectivity index (χ0n) is 19.2. The normalized spacial score (nSPS) is 15.5. The smallest absolute Gasteiger partial charge is 0.726 e. The summed E-state index contributed by atoms with van der Waals surface area (Å²) in [5.41, 5.74) is 0. The van der Waals surface area contributed by atoms with E-state index in [4.69, 9.17) is 0 Å². The van der Waals surface area contributed by atoms with Crippen LogP contribution in [0.15, 0.2) is 0 Å². The predicted molar refractivity (Wildman–Crippen MR) is 80.0 cm³/mol. The van der Waals surface area contributed by atoms with Crippen LogP contribution in [0.2, 0.25) is 0 Å². The molecule has 0 aliphatic heterocycles. The van der Waals surface area contributed by atoms with Crippen LogP contribution in [0, 0.1) is 0 Å². The predicted octanol–water partition coefficient (Wildman–Crippen LogP) is -20.9. The van der Waals surface area contributed by atoms with Crippen molar-refractivity contribution in [1.82, 2.24) is 0 Å². The standard InChI is InChI=1S/C6H12O21S5.5K/c7-1-3(24-29(11,12)13)5(26-31(17,18)19)6(27-32(20,21)22)4(25-30(14,15)16)2-23-28(8,9)10;;;;;/h1,3-6H,2H2,(H,8,9,10)(H,11,12,13)(H,14,15,16)(H,17,18,19)(H,20,21,22);;;;;/q;5*+1/p-5. The first kappa shape index (κ1) is 56.5. The minimum Gasteiger partial charge on any atom is -0.726 e. The van der Waals surface area contributed by atoms with Crippen molar-refractivity contribution < 1.29 is 347 Å². The molecule has 0 rings (SSSR count). The summed E-state index contributed by atoms with van der Waals surface area (Å²) in [4.78, 5) is 11.0. The number of rotatable bonds is 15. The van der Waals surface area contributed by atoms with Crippen molar-refractivity contribution in [2.75, 3.05) is 6.61 Å². The first-order valence-electron chi connectivity index (χ1n) is 6.54. The third-order valence-corrected chi connectivity index (χ3v) is 4.73. The third-order valence-electron chi connectivity index (χ3n) is 2.45. The quantitative estimate of drug-likeness (QED) is 0.0645. The minimum absolute atomic E-state index is 0. The van der Waals surface area contributed by atoms with Crippen molar-refractivity contribution in [3.63, 3.8) is 0 Å². The topological polar surface area (TPSA) is 349 Å². The third kappa shape index (κ3) is 32.9. The van der Waals surface area contributed by atoms with Gasteiger partial charge >= 0.3 is 257 Å². The van der Waals surface area contributed by atoms with Crippen molar-refractivity contribution in [2.24, 2.45) is 0 Å². The van der Waals surface area contributed by atoms with Crippen molar-refractivity contribution in [3.8, 4) is 0 Å². The molecule has 0 saturated carbocycles. The van der Waals surface area contributed by atoms with Crippen molar-refractivity contribution >= 4 is 58.3 Å². The number of carbonyl (C=O) groups is 1. The van der Waals surface area contributed by atoms with E-state index in [1.165, 1.54) is 0 Å². The number of carbonyl (C=O) groups excluding carboxylic acids is 1. The molecule has 0 bridgehead atoms. The fourth-order valence-corrected chi connectivity index (χ4v) is 3.86. The van der Waals surface area contributed by atoms with E-state index >= 15 is 0 Å². The van der Waals surface area contributed by atoms with Crippen LogP contribution in [0.25, 0.3) is 0 Å². The van der Waals surface area contributed by atoms with Gasteiger partial charge in [-0.1, -0.05) is 0 Å². The van der Waals surface area contributed by atoms with Gasteiger partial charge in [0.15, 0.2) is 12.4 Å².